The van der Waals surface area contributed by atoms with Crippen LogP contribution in [0.25, 0.3) is 0 Å². The smallest absolute Gasteiger partial charge is 0.243 e. The molecule has 0 saturated carbocycles. The third kappa shape index (κ3) is 3.24. The molecule has 21 heavy (non-hydrogen) atoms. The van der Waals surface area contributed by atoms with Crippen molar-refractivity contribution < 1.29 is 13.2 Å². The van der Waals surface area contributed by atoms with Crippen molar-refractivity contribution in [1.29, 1.82) is 0 Å². The van der Waals surface area contributed by atoms with Gasteiger partial charge in [0.2, 0.25) is 10.0 Å². The van der Waals surface area contributed by atoms with Gasteiger partial charge in [0.05, 0.1) is 12.0 Å². The van der Waals surface area contributed by atoms with Gasteiger partial charge in [-0.1, -0.05) is 13.8 Å². The fourth-order valence-electron chi connectivity index (χ4n) is 2.73. The van der Waals surface area contributed by atoms with Gasteiger partial charge in [0, 0.05) is 13.1 Å². The molecule has 0 atom stereocenters. The highest BCUT2D eigenvalue weighted by Crippen LogP contribution is 2.34. The standard InChI is InChI=1S/C16H25NO3S/c1-12-11-15(13(2)10-14(12)20-5)21(18,19)17-8-6-16(3,4)7-9-17/h10-11H,6-9H2,1-5H3. The lowest BCUT2D eigenvalue weighted by Gasteiger charge is -2.36. The first-order valence-corrected chi connectivity index (χ1v) is 8.77. The Balaban J connectivity index is 2.35. The lowest BCUT2D eigenvalue weighted by atomic mass is 9.83. The maximum atomic E-state index is 12.9. The highest BCUT2D eigenvalue weighted by atomic mass is 32.2. The number of piperidine rings is 1. The molecule has 1 fully saturated rings. The molecule has 0 radical (unpaired) electrons. The number of benzene rings is 1. The predicted molar refractivity (Wildman–Crippen MR) is 84.2 cm³/mol. The number of ether oxygens (including phenoxy) is 1. The summed E-state index contributed by atoms with van der Waals surface area (Å²) >= 11 is 0. The zero-order chi connectivity index (χ0) is 15.8. The normalized spacial score (nSPS) is 19.5. The average molecular weight is 311 g/mol. The zero-order valence-corrected chi connectivity index (χ0v) is 14.4. The molecular formula is C16H25NO3S. The maximum Gasteiger partial charge on any atom is 0.243 e. The van der Waals surface area contributed by atoms with E-state index >= 15 is 0 Å². The largest absolute Gasteiger partial charge is 0.496 e. The molecular weight excluding hydrogens is 286 g/mol. The van der Waals surface area contributed by atoms with E-state index in [4.69, 9.17) is 4.74 Å². The first kappa shape index (κ1) is 16.3. The molecule has 0 bridgehead atoms. The van der Waals surface area contributed by atoms with Crippen LogP contribution in [0.4, 0.5) is 0 Å². The monoisotopic (exact) mass is 311 g/mol. The Morgan fingerprint density at radius 2 is 1.67 bits per heavy atom. The van der Waals surface area contributed by atoms with Crippen LogP contribution in [-0.2, 0) is 10.0 Å². The van der Waals surface area contributed by atoms with Gasteiger partial charge in [-0.2, -0.15) is 4.31 Å². The zero-order valence-electron chi connectivity index (χ0n) is 13.6. The van der Waals surface area contributed by atoms with Crippen LogP contribution in [0.1, 0.15) is 37.8 Å². The topological polar surface area (TPSA) is 46.6 Å². The van der Waals surface area contributed by atoms with Crippen molar-refractivity contribution in [3.05, 3.63) is 23.3 Å². The van der Waals surface area contributed by atoms with Crippen LogP contribution in [-0.4, -0.2) is 32.9 Å². The van der Waals surface area contributed by atoms with Gasteiger partial charge in [-0.05, 0) is 55.4 Å². The molecule has 0 amide bonds. The van der Waals surface area contributed by atoms with Gasteiger partial charge in [-0.25, -0.2) is 8.42 Å². The van der Waals surface area contributed by atoms with Crippen LogP contribution in [0.2, 0.25) is 0 Å². The summed E-state index contributed by atoms with van der Waals surface area (Å²) in [5.74, 6) is 0.728. The lowest BCUT2D eigenvalue weighted by Crippen LogP contribution is -2.41. The van der Waals surface area contributed by atoms with E-state index in [1.54, 1.807) is 23.5 Å². The highest BCUT2D eigenvalue weighted by Gasteiger charge is 2.33. The van der Waals surface area contributed by atoms with Gasteiger partial charge in [-0.3, -0.25) is 0 Å². The lowest BCUT2D eigenvalue weighted by molar-refractivity contribution is 0.196. The maximum absolute atomic E-state index is 12.9. The van der Waals surface area contributed by atoms with Crippen molar-refractivity contribution in [2.75, 3.05) is 20.2 Å². The van der Waals surface area contributed by atoms with E-state index in [1.807, 2.05) is 13.8 Å². The van der Waals surface area contributed by atoms with E-state index in [9.17, 15) is 8.42 Å². The fraction of sp³-hybridized carbons (Fsp3) is 0.625. The third-order valence-electron chi connectivity index (χ3n) is 4.39. The van der Waals surface area contributed by atoms with Crippen molar-refractivity contribution in [3.8, 4) is 5.75 Å². The predicted octanol–water partition coefficient (Wildman–Crippen LogP) is 3.12. The average Bonchev–Trinajstić information content (AvgIpc) is 2.40. The molecule has 1 saturated heterocycles. The number of hydrogen-bond acceptors (Lipinski definition) is 3. The summed E-state index contributed by atoms with van der Waals surface area (Å²) in [6, 6.07) is 3.53. The summed E-state index contributed by atoms with van der Waals surface area (Å²) in [4.78, 5) is 0.403. The van der Waals surface area contributed by atoms with E-state index in [2.05, 4.69) is 13.8 Å². The summed E-state index contributed by atoms with van der Waals surface area (Å²) in [7, 11) is -1.81. The van der Waals surface area contributed by atoms with Crippen molar-refractivity contribution >= 4 is 10.0 Å². The molecule has 5 heteroatoms. The highest BCUT2D eigenvalue weighted by molar-refractivity contribution is 7.89. The van der Waals surface area contributed by atoms with E-state index in [1.165, 1.54) is 0 Å². The molecule has 0 aromatic heterocycles. The summed E-state index contributed by atoms with van der Waals surface area (Å²) in [5, 5.41) is 0. The Hall–Kier alpha value is -1.07. The Labute approximate surface area is 128 Å². The summed E-state index contributed by atoms with van der Waals surface area (Å²) in [6.07, 6.45) is 1.81. The van der Waals surface area contributed by atoms with E-state index in [-0.39, 0.29) is 5.41 Å². The SMILES string of the molecule is COc1cc(C)c(S(=O)(=O)N2CCC(C)(C)CC2)cc1C. The second-order valence-electron chi connectivity index (χ2n) is 6.66. The van der Waals surface area contributed by atoms with Gasteiger partial charge >= 0.3 is 0 Å². The minimum atomic E-state index is -3.41. The molecule has 4 nitrogen and oxygen atoms in total. The molecule has 0 spiro atoms. The Morgan fingerprint density at radius 1 is 1.10 bits per heavy atom. The quantitative estimate of drug-likeness (QED) is 0.861. The van der Waals surface area contributed by atoms with Crippen LogP contribution in [0.3, 0.4) is 0 Å². The third-order valence-corrected chi connectivity index (χ3v) is 6.43. The number of hydrogen-bond donors (Lipinski definition) is 0. The van der Waals surface area contributed by atoms with Crippen molar-refractivity contribution in [3.63, 3.8) is 0 Å². The van der Waals surface area contributed by atoms with E-state index < -0.39 is 10.0 Å². The number of methoxy groups -OCH3 is 1. The van der Waals surface area contributed by atoms with Crippen LogP contribution >= 0.6 is 0 Å². The number of aryl methyl sites for hydroxylation is 2. The molecule has 1 aliphatic rings. The summed E-state index contributed by atoms with van der Waals surface area (Å²) in [6.45, 7) is 9.28. The summed E-state index contributed by atoms with van der Waals surface area (Å²) in [5.41, 5.74) is 1.82. The molecule has 1 aromatic rings. The fourth-order valence-corrected chi connectivity index (χ4v) is 4.46. The molecule has 0 aliphatic carbocycles. The van der Waals surface area contributed by atoms with Crippen molar-refractivity contribution in [1.82, 2.24) is 4.31 Å². The minimum Gasteiger partial charge on any atom is -0.496 e. The molecule has 1 aliphatic heterocycles. The van der Waals surface area contributed by atoms with Crippen LogP contribution in [0.15, 0.2) is 17.0 Å². The van der Waals surface area contributed by atoms with E-state index in [0.717, 1.165) is 29.7 Å². The first-order chi connectivity index (χ1) is 9.67. The number of nitrogens with zero attached hydrogens (tertiary/aromatic N) is 1. The van der Waals surface area contributed by atoms with Crippen LogP contribution in [0.5, 0.6) is 5.75 Å². The Kier molecular flexibility index (Phi) is 4.36. The Bertz CT molecular complexity index is 625. The molecule has 2 rings (SSSR count). The number of rotatable bonds is 3. The van der Waals surface area contributed by atoms with Gasteiger partial charge in [0.15, 0.2) is 0 Å². The van der Waals surface area contributed by atoms with Gasteiger partial charge < -0.3 is 4.74 Å². The minimum absolute atomic E-state index is 0.233. The molecule has 1 heterocycles. The van der Waals surface area contributed by atoms with Gasteiger partial charge in [0.25, 0.3) is 0 Å². The first-order valence-electron chi connectivity index (χ1n) is 7.33. The second-order valence-corrected chi connectivity index (χ2v) is 8.56. The molecule has 0 N–H and O–H groups in total. The Morgan fingerprint density at radius 3 is 2.19 bits per heavy atom. The molecule has 1 aromatic carbocycles. The van der Waals surface area contributed by atoms with Gasteiger partial charge in [-0.15, -0.1) is 0 Å². The van der Waals surface area contributed by atoms with Crippen molar-refractivity contribution in [2.24, 2.45) is 5.41 Å². The molecule has 0 unspecified atom stereocenters. The van der Waals surface area contributed by atoms with Gasteiger partial charge in [0.1, 0.15) is 5.75 Å². The molecule has 118 valence electrons. The van der Waals surface area contributed by atoms with Crippen LogP contribution in [0, 0.1) is 19.3 Å². The summed E-state index contributed by atoms with van der Waals surface area (Å²) < 4.78 is 32.6. The second kappa shape index (κ2) is 5.61. The van der Waals surface area contributed by atoms with Crippen LogP contribution < -0.4 is 4.74 Å². The van der Waals surface area contributed by atoms with E-state index in [0.29, 0.717) is 18.0 Å². The van der Waals surface area contributed by atoms with Crippen molar-refractivity contribution in [2.45, 2.75) is 45.4 Å². The number of sulfonamides is 1.